The first kappa shape index (κ1) is 14.3. The Labute approximate surface area is 105 Å². The molecular weight excluding hydrogens is 218 g/mol. The number of aliphatic hydroxyl groups excluding tert-OH is 1. The van der Waals surface area contributed by atoms with Gasteiger partial charge in [-0.1, -0.05) is 27.2 Å². The molecule has 1 aliphatic carbocycles. The molecule has 0 amide bonds. The smallest absolute Gasteiger partial charge is 0.0624 e. The van der Waals surface area contributed by atoms with E-state index in [9.17, 15) is 5.11 Å². The van der Waals surface area contributed by atoms with E-state index in [2.05, 4.69) is 26.1 Å². The maximum atomic E-state index is 9.72. The number of thioether (sulfide) groups is 1. The van der Waals surface area contributed by atoms with Gasteiger partial charge in [0.2, 0.25) is 0 Å². The third kappa shape index (κ3) is 4.27. The van der Waals surface area contributed by atoms with Gasteiger partial charge in [0.05, 0.1) is 12.1 Å². The lowest BCUT2D eigenvalue weighted by Gasteiger charge is -2.35. The molecule has 0 heterocycles. The number of rotatable bonds is 9. The third-order valence-electron chi connectivity index (χ3n) is 3.22. The minimum Gasteiger partial charge on any atom is -0.394 e. The molecule has 0 aromatic rings. The summed E-state index contributed by atoms with van der Waals surface area (Å²) in [7, 11) is 0. The molecule has 1 saturated carbocycles. The molecule has 1 rings (SSSR count). The molecule has 3 heteroatoms. The molecule has 0 aromatic heterocycles. The van der Waals surface area contributed by atoms with Gasteiger partial charge in [-0.05, 0) is 30.9 Å². The van der Waals surface area contributed by atoms with Crippen LogP contribution in [0.4, 0.5) is 0 Å². The van der Waals surface area contributed by atoms with Gasteiger partial charge in [-0.25, -0.2) is 0 Å². The summed E-state index contributed by atoms with van der Waals surface area (Å²) in [5.41, 5.74) is -0.00737. The molecule has 0 aliphatic heterocycles. The van der Waals surface area contributed by atoms with Gasteiger partial charge in [0, 0.05) is 11.8 Å². The highest BCUT2D eigenvalue weighted by atomic mass is 32.2. The van der Waals surface area contributed by atoms with Gasteiger partial charge >= 0.3 is 0 Å². The van der Waals surface area contributed by atoms with E-state index in [0.717, 1.165) is 5.75 Å². The van der Waals surface area contributed by atoms with Gasteiger partial charge in [-0.3, -0.25) is 0 Å². The maximum absolute atomic E-state index is 9.72. The van der Waals surface area contributed by atoms with Crippen LogP contribution in [0.3, 0.4) is 0 Å². The third-order valence-corrected chi connectivity index (χ3v) is 4.52. The lowest BCUT2D eigenvalue weighted by atomic mass is 9.95. The standard InChI is InChI=1S/C13H27NOS/c1-4-5-8-16-10-13(9-15,12-6-7-12)14-11(2)3/h11-12,14-15H,4-10H2,1-3H3. The van der Waals surface area contributed by atoms with Crippen molar-refractivity contribution in [1.82, 2.24) is 5.32 Å². The average molecular weight is 245 g/mol. The predicted octanol–water partition coefficient (Wildman–Crippen LogP) is 2.66. The van der Waals surface area contributed by atoms with Crippen molar-refractivity contribution in [3.8, 4) is 0 Å². The Morgan fingerprint density at radius 1 is 1.44 bits per heavy atom. The van der Waals surface area contributed by atoms with Gasteiger partial charge in [-0.15, -0.1) is 0 Å². The molecule has 2 nitrogen and oxygen atoms in total. The Morgan fingerprint density at radius 3 is 2.56 bits per heavy atom. The summed E-state index contributed by atoms with van der Waals surface area (Å²) < 4.78 is 0. The zero-order valence-electron chi connectivity index (χ0n) is 11.0. The summed E-state index contributed by atoms with van der Waals surface area (Å²) in [5.74, 6) is 2.99. The normalized spacial score (nSPS) is 20.1. The van der Waals surface area contributed by atoms with E-state index in [4.69, 9.17) is 0 Å². The topological polar surface area (TPSA) is 32.3 Å². The Hall–Kier alpha value is 0.270. The molecule has 1 unspecified atom stereocenters. The summed E-state index contributed by atoms with van der Waals surface area (Å²) in [6.45, 7) is 6.86. The Bertz CT molecular complexity index is 194. The minimum atomic E-state index is -0.00737. The number of nitrogens with one attached hydrogen (secondary N) is 1. The van der Waals surface area contributed by atoms with Crippen LogP contribution in [0.1, 0.15) is 46.5 Å². The SMILES string of the molecule is CCCCSCC(CO)(NC(C)C)C1CC1. The summed E-state index contributed by atoms with van der Waals surface area (Å²) in [5, 5.41) is 13.3. The Balaban J connectivity index is 2.41. The molecule has 0 saturated heterocycles. The van der Waals surface area contributed by atoms with Crippen molar-refractivity contribution in [1.29, 1.82) is 0 Å². The number of unbranched alkanes of at least 4 members (excludes halogenated alkanes) is 1. The first-order chi connectivity index (χ1) is 7.64. The highest BCUT2D eigenvalue weighted by Gasteiger charge is 2.44. The summed E-state index contributed by atoms with van der Waals surface area (Å²) >= 11 is 2.00. The number of aliphatic hydroxyl groups is 1. The zero-order chi connectivity index (χ0) is 12.0. The number of hydrogen-bond acceptors (Lipinski definition) is 3. The lowest BCUT2D eigenvalue weighted by Crippen LogP contribution is -2.55. The molecule has 0 radical (unpaired) electrons. The zero-order valence-corrected chi connectivity index (χ0v) is 11.8. The molecule has 0 bridgehead atoms. The van der Waals surface area contributed by atoms with E-state index in [1.807, 2.05) is 11.8 Å². The van der Waals surface area contributed by atoms with Gasteiger partial charge in [0.25, 0.3) is 0 Å². The maximum Gasteiger partial charge on any atom is 0.0624 e. The second-order valence-electron chi connectivity index (χ2n) is 5.29. The molecule has 1 fully saturated rings. The highest BCUT2D eigenvalue weighted by molar-refractivity contribution is 7.99. The van der Waals surface area contributed by atoms with Crippen LogP contribution in [0.2, 0.25) is 0 Å². The Kier molecular flexibility index (Phi) is 6.16. The molecule has 1 atom stereocenters. The van der Waals surface area contributed by atoms with Crippen molar-refractivity contribution in [2.75, 3.05) is 18.1 Å². The van der Waals surface area contributed by atoms with E-state index in [-0.39, 0.29) is 12.1 Å². The van der Waals surface area contributed by atoms with E-state index < -0.39 is 0 Å². The van der Waals surface area contributed by atoms with E-state index >= 15 is 0 Å². The van der Waals surface area contributed by atoms with E-state index in [0.29, 0.717) is 12.0 Å². The molecule has 16 heavy (non-hydrogen) atoms. The second-order valence-corrected chi connectivity index (χ2v) is 6.40. The van der Waals surface area contributed by atoms with Crippen LogP contribution in [0.5, 0.6) is 0 Å². The van der Waals surface area contributed by atoms with Gasteiger partial charge in [0.1, 0.15) is 0 Å². The molecule has 0 spiro atoms. The molecule has 96 valence electrons. The average Bonchev–Trinajstić information content (AvgIpc) is 3.06. The van der Waals surface area contributed by atoms with Crippen LogP contribution in [0, 0.1) is 5.92 Å². The predicted molar refractivity (Wildman–Crippen MR) is 73.0 cm³/mol. The fourth-order valence-electron chi connectivity index (χ4n) is 2.21. The monoisotopic (exact) mass is 245 g/mol. The molecule has 0 aromatic carbocycles. The van der Waals surface area contributed by atoms with Crippen molar-refractivity contribution in [3.05, 3.63) is 0 Å². The first-order valence-electron chi connectivity index (χ1n) is 6.61. The second kappa shape index (κ2) is 6.87. The van der Waals surface area contributed by atoms with Gasteiger partial charge in [0.15, 0.2) is 0 Å². The van der Waals surface area contributed by atoms with Gasteiger partial charge in [-0.2, -0.15) is 11.8 Å². The van der Waals surface area contributed by atoms with Crippen molar-refractivity contribution in [2.45, 2.75) is 58.0 Å². The van der Waals surface area contributed by atoms with Crippen LogP contribution in [0.25, 0.3) is 0 Å². The van der Waals surface area contributed by atoms with Crippen LogP contribution in [-0.2, 0) is 0 Å². The van der Waals surface area contributed by atoms with Crippen LogP contribution >= 0.6 is 11.8 Å². The fourth-order valence-corrected chi connectivity index (χ4v) is 3.62. The summed E-state index contributed by atoms with van der Waals surface area (Å²) in [4.78, 5) is 0. The minimum absolute atomic E-state index is 0.00737. The fraction of sp³-hybridized carbons (Fsp3) is 1.00. The highest BCUT2D eigenvalue weighted by Crippen LogP contribution is 2.41. The lowest BCUT2D eigenvalue weighted by molar-refractivity contribution is 0.150. The van der Waals surface area contributed by atoms with E-state index in [1.165, 1.54) is 31.4 Å². The summed E-state index contributed by atoms with van der Waals surface area (Å²) in [6.07, 6.45) is 5.13. The molecule has 2 N–H and O–H groups in total. The largest absolute Gasteiger partial charge is 0.394 e. The van der Waals surface area contributed by atoms with Crippen LogP contribution in [0.15, 0.2) is 0 Å². The summed E-state index contributed by atoms with van der Waals surface area (Å²) in [6, 6.07) is 0.458. The Morgan fingerprint density at radius 2 is 2.12 bits per heavy atom. The quantitative estimate of drug-likeness (QED) is 0.613. The first-order valence-corrected chi connectivity index (χ1v) is 7.76. The van der Waals surface area contributed by atoms with Crippen molar-refractivity contribution in [2.24, 2.45) is 5.92 Å². The van der Waals surface area contributed by atoms with E-state index in [1.54, 1.807) is 0 Å². The van der Waals surface area contributed by atoms with Crippen molar-refractivity contribution >= 4 is 11.8 Å². The molecule has 1 aliphatic rings. The van der Waals surface area contributed by atoms with Gasteiger partial charge < -0.3 is 10.4 Å². The van der Waals surface area contributed by atoms with Crippen molar-refractivity contribution < 1.29 is 5.11 Å². The van der Waals surface area contributed by atoms with Crippen LogP contribution in [-0.4, -0.2) is 34.8 Å². The van der Waals surface area contributed by atoms with Crippen LogP contribution < -0.4 is 5.32 Å². The van der Waals surface area contributed by atoms with Crippen molar-refractivity contribution in [3.63, 3.8) is 0 Å². The molecular formula is C13H27NOS. The number of hydrogen-bond donors (Lipinski definition) is 2.